The minimum Gasteiger partial charge on any atom is -0.468 e. The molecule has 0 aromatic rings. The Morgan fingerprint density at radius 2 is 1.79 bits per heavy atom. The monoisotopic (exact) mass is 202 g/mol. The van der Waals surface area contributed by atoms with Crippen molar-refractivity contribution in [1.82, 2.24) is 0 Å². The molecule has 3 heteroatoms. The first-order valence-corrected chi connectivity index (χ1v) is 5.48. The maximum atomic E-state index is 9.81. The van der Waals surface area contributed by atoms with Gasteiger partial charge in [-0.25, -0.2) is 0 Å². The molecule has 0 aliphatic heterocycles. The molecular weight excluding hydrogens is 180 g/mol. The second-order valence-electron chi connectivity index (χ2n) is 3.47. The van der Waals surface area contributed by atoms with E-state index in [0.29, 0.717) is 19.2 Å². The van der Waals surface area contributed by atoms with Crippen LogP contribution in [0.4, 0.5) is 0 Å². The predicted octanol–water partition coefficient (Wildman–Crippen LogP) is 2.53. The molecule has 0 rings (SSSR count). The molecule has 0 aliphatic carbocycles. The fourth-order valence-corrected chi connectivity index (χ4v) is 1.09. The van der Waals surface area contributed by atoms with E-state index in [4.69, 9.17) is 4.74 Å². The SMILES string of the molecule is CCC(C)OCCCCCCOC=O. The Morgan fingerprint density at radius 1 is 1.14 bits per heavy atom. The lowest BCUT2D eigenvalue weighted by molar-refractivity contribution is -0.128. The summed E-state index contributed by atoms with van der Waals surface area (Å²) < 4.78 is 10.1. The third kappa shape index (κ3) is 9.52. The lowest BCUT2D eigenvalue weighted by Crippen LogP contribution is -2.07. The van der Waals surface area contributed by atoms with Crippen LogP contribution >= 0.6 is 0 Å². The number of rotatable bonds is 10. The Bertz CT molecular complexity index is 126. The third-order valence-electron chi connectivity index (χ3n) is 2.20. The van der Waals surface area contributed by atoms with E-state index in [2.05, 4.69) is 18.6 Å². The summed E-state index contributed by atoms with van der Waals surface area (Å²) in [7, 11) is 0. The highest BCUT2D eigenvalue weighted by Gasteiger charge is 1.97. The number of hydrogen-bond acceptors (Lipinski definition) is 3. The Morgan fingerprint density at radius 3 is 2.36 bits per heavy atom. The van der Waals surface area contributed by atoms with Crippen LogP contribution in [0.1, 0.15) is 46.0 Å². The van der Waals surface area contributed by atoms with Crippen molar-refractivity contribution in [2.45, 2.75) is 52.1 Å². The standard InChI is InChI=1S/C11H22O3/c1-3-11(2)14-9-7-5-4-6-8-13-10-12/h10-11H,3-9H2,1-2H3. The summed E-state index contributed by atoms with van der Waals surface area (Å²) in [5.74, 6) is 0. The van der Waals surface area contributed by atoms with E-state index in [1.165, 1.54) is 0 Å². The quantitative estimate of drug-likeness (QED) is 0.403. The van der Waals surface area contributed by atoms with Gasteiger partial charge in [-0.2, -0.15) is 0 Å². The molecule has 0 aromatic heterocycles. The first kappa shape index (κ1) is 13.4. The van der Waals surface area contributed by atoms with Gasteiger partial charge in [0.25, 0.3) is 6.47 Å². The average molecular weight is 202 g/mol. The van der Waals surface area contributed by atoms with E-state index in [-0.39, 0.29) is 0 Å². The summed E-state index contributed by atoms with van der Waals surface area (Å²) >= 11 is 0. The molecule has 0 N–H and O–H groups in total. The molecule has 1 atom stereocenters. The molecule has 84 valence electrons. The second-order valence-corrected chi connectivity index (χ2v) is 3.47. The molecule has 0 spiro atoms. The molecule has 1 unspecified atom stereocenters. The first-order chi connectivity index (χ1) is 6.81. The van der Waals surface area contributed by atoms with Gasteiger partial charge in [-0.05, 0) is 32.6 Å². The Hall–Kier alpha value is -0.570. The van der Waals surface area contributed by atoms with Crippen molar-refractivity contribution < 1.29 is 14.3 Å². The number of ether oxygens (including phenoxy) is 2. The van der Waals surface area contributed by atoms with Crippen molar-refractivity contribution in [2.75, 3.05) is 13.2 Å². The van der Waals surface area contributed by atoms with Gasteiger partial charge in [0, 0.05) is 6.61 Å². The minimum atomic E-state index is 0.383. The Kier molecular flexibility index (Phi) is 10.1. The Labute approximate surface area is 86.8 Å². The van der Waals surface area contributed by atoms with Crippen molar-refractivity contribution >= 4 is 6.47 Å². The van der Waals surface area contributed by atoms with Gasteiger partial charge in [0.15, 0.2) is 0 Å². The van der Waals surface area contributed by atoms with Crippen LogP contribution in [0.25, 0.3) is 0 Å². The zero-order chi connectivity index (χ0) is 10.6. The molecule has 0 saturated carbocycles. The van der Waals surface area contributed by atoms with Gasteiger partial charge in [-0.15, -0.1) is 0 Å². The number of carbonyl (C=O) groups excluding carboxylic acids is 1. The van der Waals surface area contributed by atoms with Crippen molar-refractivity contribution in [3.05, 3.63) is 0 Å². The summed E-state index contributed by atoms with van der Waals surface area (Å²) in [4.78, 5) is 9.81. The van der Waals surface area contributed by atoms with Gasteiger partial charge in [0.2, 0.25) is 0 Å². The van der Waals surface area contributed by atoms with Crippen LogP contribution in [0.5, 0.6) is 0 Å². The lowest BCUT2D eigenvalue weighted by atomic mass is 10.2. The van der Waals surface area contributed by atoms with E-state index in [1.54, 1.807) is 0 Å². The molecule has 0 aliphatic rings. The summed E-state index contributed by atoms with van der Waals surface area (Å²) in [6, 6.07) is 0. The van der Waals surface area contributed by atoms with Gasteiger partial charge >= 0.3 is 0 Å². The topological polar surface area (TPSA) is 35.5 Å². The van der Waals surface area contributed by atoms with Crippen LogP contribution in [-0.2, 0) is 14.3 Å². The van der Waals surface area contributed by atoms with E-state index in [0.717, 1.165) is 38.7 Å². The van der Waals surface area contributed by atoms with E-state index < -0.39 is 0 Å². The van der Waals surface area contributed by atoms with Crippen LogP contribution in [0.15, 0.2) is 0 Å². The number of unbranched alkanes of at least 4 members (excludes halogenated alkanes) is 3. The fourth-order valence-electron chi connectivity index (χ4n) is 1.09. The third-order valence-corrected chi connectivity index (χ3v) is 2.20. The summed E-state index contributed by atoms with van der Waals surface area (Å²) in [5, 5.41) is 0. The van der Waals surface area contributed by atoms with Crippen molar-refractivity contribution in [2.24, 2.45) is 0 Å². The number of carbonyl (C=O) groups is 1. The van der Waals surface area contributed by atoms with Gasteiger partial charge in [0.1, 0.15) is 0 Å². The molecule has 0 aromatic carbocycles. The van der Waals surface area contributed by atoms with Gasteiger partial charge < -0.3 is 9.47 Å². The molecule has 3 nitrogen and oxygen atoms in total. The predicted molar refractivity (Wildman–Crippen MR) is 56.2 cm³/mol. The summed E-state index contributed by atoms with van der Waals surface area (Å²) in [5.41, 5.74) is 0. The van der Waals surface area contributed by atoms with Gasteiger partial charge in [0.05, 0.1) is 12.7 Å². The highest BCUT2D eigenvalue weighted by Crippen LogP contribution is 2.02. The minimum absolute atomic E-state index is 0.383. The molecule has 14 heavy (non-hydrogen) atoms. The zero-order valence-corrected chi connectivity index (χ0v) is 9.33. The molecule has 0 amide bonds. The molecule has 0 fully saturated rings. The summed E-state index contributed by atoms with van der Waals surface area (Å²) in [6.45, 7) is 6.13. The number of hydrogen-bond donors (Lipinski definition) is 0. The van der Waals surface area contributed by atoms with E-state index in [9.17, 15) is 4.79 Å². The van der Waals surface area contributed by atoms with Crippen LogP contribution < -0.4 is 0 Å². The molecule has 0 heterocycles. The molecule has 0 saturated heterocycles. The molecule has 0 bridgehead atoms. The average Bonchev–Trinajstić information content (AvgIpc) is 2.21. The highest BCUT2D eigenvalue weighted by atomic mass is 16.5. The van der Waals surface area contributed by atoms with E-state index in [1.807, 2.05) is 0 Å². The fraction of sp³-hybridized carbons (Fsp3) is 0.909. The normalized spacial score (nSPS) is 12.4. The largest absolute Gasteiger partial charge is 0.468 e. The Balaban J connectivity index is 2.95. The van der Waals surface area contributed by atoms with E-state index >= 15 is 0 Å². The smallest absolute Gasteiger partial charge is 0.293 e. The molecular formula is C11H22O3. The highest BCUT2D eigenvalue weighted by molar-refractivity contribution is 5.36. The van der Waals surface area contributed by atoms with Crippen molar-refractivity contribution in [3.8, 4) is 0 Å². The van der Waals surface area contributed by atoms with Crippen molar-refractivity contribution in [1.29, 1.82) is 0 Å². The van der Waals surface area contributed by atoms with Crippen molar-refractivity contribution in [3.63, 3.8) is 0 Å². The maximum Gasteiger partial charge on any atom is 0.293 e. The van der Waals surface area contributed by atoms with Crippen LogP contribution in [-0.4, -0.2) is 25.8 Å². The van der Waals surface area contributed by atoms with Crippen LogP contribution in [0.2, 0.25) is 0 Å². The van der Waals surface area contributed by atoms with Gasteiger partial charge in [-0.1, -0.05) is 13.3 Å². The second kappa shape index (κ2) is 10.5. The molecule has 0 radical (unpaired) electrons. The van der Waals surface area contributed by atoms with Gasteiger partial charge in [-0.3, -0.25) is 4.79 Å². The zero-order valence-electron chi connectivity index (χ0n) is 9.33. The summed E-state index contributed by atoms with van der Waals surface area (Å²) in [6.07, 6.45) is 5.78. The van der Waals surface area contributed by atoms with Crippen LogP contribution in [0.3, 0.4) is 0 Å². The lowest BCUT2D eigenvalue weighted by Gasteiger charge is -2.09. The maximum absolute atomic E-state index is 9.81. The first-order valence-electron chi connectivity index (χ1n) is 5.48. The van der Waals surface area contributed by atoms with Crippen LogP contribution in [0, 0.1) is 0 Å².